The summed E-state index contributed by atoms with van der Waals surface area (Å²) in [7, 11) is 0. The Balaban J connectivity index is 1.80. The SMILES string of the molecule is CCNC(c1csc(C)c1)C1CC2CCC1O2. The molecule has 0 amide bonds. The molecule has 1 aromatic heterocycles. The van der Waals surface area contributed by atoms with Crippen LogP contribution in [-0.2, 0) is 4.74 Å². The van der Waals surface area contributed by atoms with Crippen molar-refractivity contribution < 1.29 is 4.74 Å². The van der Waals surface area contributed by atoms with Gasteiger partial charge in [0.1, 0.15) is 0 Å². The van der Waals surface area contributed by atoms with Gasteiger partial charge in [-0.15, -0.1) is 11.3 Å². The van der Waals surface area contributed by atoms with Crippen molar-refractivity contribution in [2.24, 2.45) is 5.92 Å². The van der Waals surface area contributed by atoms with Gasteiger partial charge in [0.05, 0.1) is 12.2 Å². The predicted molar refractivity (Wildman–Crippen MR) is 71.5 cm³/mol. The number of thiophene rings is 1. The summed E-state index contributed by atoms with van der Waals surface area (Å²) in [4.78, 5) is 1.41. The predicted octanol–water partition coefficient (Wildman–Crippen LogP) is 3.27. The molecule has 2 saturated heterocycles. The Bertz CT molecular complexity index is 389. The quantitative estimate of drug-likeness (QED) is 0.886. The molecular weight excluding hydrogens is 230 g/mol. The maximum absolute atomic E-state index is 6.00. The minimum absolute atomic E-state index is 0.500. The van der Waals surface area contributed by atoms with Gasteiger partial charge >= 0.3 is 0 Å². The van der Waals surface area contributed by atoms with Crippen molar-refractivity contribution in [1.82, 2.24) is 5.32 Å². The summed E-state index contributed by atoms with van der Waals surface area (Å²) in [6, 6.07) is 2.84. The van der Waals surface area contributed by atoms with Crippen LogP contribution in [0.4, 0.5) is 0 Å². The molecule has 0 spiro atoms. The van der Waals surface area contributed by atoms with E-state index in [0.29, 0.717) is 24.2 Å². The first-order valence-electron chi connectivity index (χ1n) is 6.71. The third-order valence-electron chi connectivity index (χ3n) is 4.12. The van der Waals surface area contributed by atoms with Crippen molar-refractivity contribution in [1.29, 1.82) is 0 Å². The monoisotopic (exact) mass is 251 g/mol. The van der Waals surface area contributed by atoms with E-state index in [1.165, 1.54) is 29.7 Å². The average Bonchev–Trinajstić information content (AvgIpc) is 3.01. The molecule has 0 aliphatic carbocycles. The summed E-state index contributed by atoms with van der Waals surface area (Å²) >= 11 is 1.86. The molecule has 3 rings (SSSR count). The summed E-state index contributed by atoms with van der Waals surface area (Å²) in [5, 5.41) is 5.98. The molecule has 3 heterocycles. The standard InChI is InChI=1S/C14H21NOS/c1-3-15-14(10-6-9(2)17-8-10)12-7-11-4-5-13(12)16-11/h6,8,11-15H,3-5,7H2,1-2H3. The van der Waals surface area contributed by atoms with E-state index < -0.39 is 0 Å². The van der Waals surface area contributed by atoms with Crippen molar-refractivity contribution in [2.75, 3.05) is 6.54 Å². The molecule has 2 fully saturated rings. The van der Waals surface area contributed by atoms with Crippen LogP contribution in [0.2, 0.25) is 0 Å². The van der Waals surface area contributed by atoms with E-state index in [1.54, 1.807) is 0 Å². The molecule has 2 nitrogen and oxygen atoms in total. The van der Waals surface area contributed by atoms with E-state index in [0.717, 1.165) is 6.54 Å². The summed E-state index contributed by atoms with van der Waals surface area (Å²) in [6.07, 6.45) is 4.84. The Kier molecular flexibility index (Phi) is 3.24. The first-order valence-corrected chi connectivity index (χ1v) is 7.59. The number of hydrogen-bond acceptors (Lipinski definition) is 3. The smallest absolute Gasteiger partial charge is 0.0627 e. The minimum atomic E-state index is 0.500. The van der Waals surface area contributed by atoms with Gasteiger partial charge in [0.15, 0.2) is 0 Å². The molecule has 0 aromatic carbocycles. The van der Waals surface area contributed by atoms with Crippen molar-refractivity contribution in [3.8, 4) is 0 Å². The number of fused-ring (bicyclic) bond motifs is 2. The van der Waals surface area contributed by atoms with Crippen LogP contribution >= 0.6 is 11.3 Å². The van der Waals surface area contributed by atoms with Crippen molar-refractivity contribution in [2.45, 2.75) is 51.4 Å². The number of aryl methyl sites for hydroxylation is 1. The first-order chi connectivity index (χ1) is 8.28. The Morgan fingerprint density at radius 1 is 1.53 bits per heavy atom. The molecule has 4 unspecified atom stereocenters. The first kappa shape index (κ1) is 11.7. The molecule has 94 valence electrons. The zero-order valence-corrected chi connectivity index (χ0v) is 11.4. The highest BCUT2D eigenvalue weighted by molar-refractivity contribution is 7.10. The van der Waals surface area contributed by atoms with Gasteiger partial charge in [-0.25, -0.2) is 0 Å². The number of rotatable bonds is 4. The summed E-state index contributed by atoms with van der Waals surface area (Å²) in [5.74, 6) is 0.683. The molecule has 2 aliphatic rings. The van der Waals surface area contributed by atoms with Crippen LogP contribution in [0.15, 0.2) is 11.4 Å². The van der Waals surface area contributed by atoms with Gasteiger partial charge in [-0.3, -0.25) is 0 Å². The molecule has 0 radical (unpaired) electrons. The lowest BCUT2D eigenvalue weighted by Crippen LogP contribution is -2.33. The lowest BCUT2D eigenvalue weighted by Gasteiger charge is -2.28. The topological polar surface area (TPSA) is 21.3 Å². The zero-order chi connectivity index (χ0) is 11.8. The molecule has 0 saturated carbocycles. The average molecular weight is 251 g/mol. The maximum Gasteiger partial charge on any atom is 0.0627 e. The highest BCUT2D eigenvalue weighted by Crippen LogP contribution is 2.45. The Morgan fingerprint density at radius 2 is 2.41 bits per heavy atom. The van der Waals surface area contributed by atoms with Crippen molar-refractivity contribution in [3.63, 3.8) is 0 Å². The number of ether oxygens (including phenoxy) is 1. The molecule has 2 bridgehead atoms. The summed E-state index contributed by atoms with van der Waals surface area (Å²) in [5.41, 5.74) is 1.47. The van der Waals surface area contributed by atoms with Gasteiger partial charge in [-0.05, 0) is 49.7 Å². The van der Waals surface area contributed by atoms with Crippen LogP contribution in [0.3, 0.4) is 0 Å². The van der Waals surface area contributed by atoms with Gasteiger partial charge in [-0.1, -0.05) is 6.92 Å². The van der Waals surface area contributed by atoms with E-state index in [1.807, 2.05) is 11.3 Å². The summed E-state index contributed by atoms with van der Waals surface area (Å²) in [6.45, 7) is 5.42. The van der Waals surface area contributed by atoms with Crippen LogP contribution in [-0.4, -0.2) is 18.8 Å². The molecular formula is C14H21NOS. The van der Waals surface area contributed by atoms with E-state index in [-0.39, 0.29) is 0 Å². The second-order valence-electron chi connectivity index (χ2n) is 5.30. The van der Waals surface area contributed by atoms with Crippen LogP contribution in [0, 0.1) is 12.8 Å². The Labute approximate surface area is 107 Å². The van der Waals surface area contributed by atoms with Crippen LogP contribution in [0.1, 0.15) is 42.7 Å². The fourth-order valence-electron chi connectivity index (χ4n) is 3.39. The van der Waals surface area contributed by atoms with E-state index in [2.05, 4.69) is 30.6 Å². The van der Waals surface area contributed by atoms with Gasteiger partial charge < -0.3 is 10.1 Å². The lowest BCUT2D eigenvalue weighted by atomic mass is 9.81. The molecule has 1 N–H and O–H groups in total. The fraction of sp³-hybridized carbons (Fsp3) is 0.714. The van der Waals surface area contributed by atoms with E-state index >= 15 is 0 Å². The molecule has 3 heteroatoms. The van der Waals surface area contributed by atoms with Crippen LogP contribution in [0.25, 0.3) is 0 Å². The normalized spacial score (nSPS) is 33.2. The van der Waals surface area contributed by atoms with Gasteiger partial charge in [0.2, 0.25) is 0 Å². The Morgan fingerprint density at radius 3 is 2.94 bits per heavy atom. The highest BCUT2D eigenvalue weighted by Gasteiger charge is 2.44. The summed E-state index contributed by atoms with van der Waals surface area (Å²) < 4.78 is 6.00. The van der Waals surface area contributed by atoms with Crippen molar-refractivity contribution in [3.05, 3.63) is 21.9 Å². The third-order valence-corrected chi connectivity index (χ3v) is 4.99. The second kappa shape index (κ2) is 4.71. The highest BCUT2D eigenvalue weighted by atomic mass is 32.1. The van der Waals surface area contributed by atoms with Crippen LogP contribution in [0.5, 0.6) is 0 Å². The fourth-order valence-corrected chi connectivity index (χ4v) is 4.13. The largest absolute Gasteiger partial charge is 0.375 e. The number of hydrogen-bond donors (Lipinski definition) is 1. The molecule has 1 aromatic rings. The molecule has 2 aliphatic heterocycles. The minimum Gasteiger partial charge on any atom is -0.375 e. The van der Waals surface area contributed by atoms with E-state index in [9.17, 15) is 0 Å². The Hall–Kier alpha value is -0.380. The number of nitrogens with one attached hydrogen (secondary N) is 1. The third kappa shape index (κ3) is 2.16. The lowest BCUT2D eigenvalue weighted by molar-refractivity contribution is 0.0858. The van der Waals surface area contributed by atoms with E-state index in [4.69, 9.17) is 4.74 Å². The van der Waals surface area contributed by atoms with Gasteiger partial charge in [-0.2, -0.15) is 0 Å². The molecule has 4 atom stereocenters. The van der Waals surface area contributed by atoms with Crippen molar-refractivity contribution >= 4 is 11.3 Å². The maximum atomic E-state index is 6.00. The molecule has 17 heavy (non-hydrogen) atoms. The van der Waals surface area contributed by atoms with Gasteiger partial charge in [0, 0.05) is 16.8 Å². The second-order valence-corrected chi connectivity index (χ2v) is 6.41. The van der Waals surface area contributed by atoms with Crippen LogP contribution < -0.4 is 5.32 Å². The van der Waals surface area contributed by atoms with Gasteiger partial charge in [0.25, 0.3) is 0 Å². The zero-order valence-electron chi connectivity index (χ0n) is 10.6.